The molecule has 2 rings (SSSR count). The van der Waals surface area contributed by atoms with Gasteiger partial charge in [-0.1, -0.05) is 0 Å². The predicted molar refractivity (Wildman–Crippen MR) is 85.1 cm³/mol. The number of nitrogens with zero attached hydrogens (tertiary/aromatic N) is 1. The SMILES string of the molecule is CNCC1CCCN(C(=O)c2cc(C)c(OC(F)F)c(C)c2)C1. The normalized spacial score (nSPS) is 18.3. The fraction of sp³-hybridized carbons (Fsp3) is 0.588. The monoisotopic (exact) mass is 326 g/mol. The molecule has 1 aromatic carbocycles. The number of aryl methyl sites for hydroxylation is 2. The van der Waals surface area contributed by atoms with Crippen molar-refractivity contribution >= 4 is 5.91 Å². The maximum absolute atomic E-state index is 12.7. The third-order valence-corrected chi connectivity index (χ3v) is 4.21. The van der Waals surface area contributed by atoms with Gasteiger partial charge in [0.15, 0.2) is 0 Å². The Hall–Kier alpha value is -1.69. The first-order valence-corrected chi connectivity index (χ1v) is 7.92. The average molecular weight is 326 g/mol. The largest absolute Gasteiger partial charge is 0.434 e. The van der Waals surface area contributed by atoms with E-state index >= 15 is 0 Å². The van der Waals surface area contributed by atoms with Crippen LogP contribution in [0.2, 0.25) is 0 Å². The lowest BCUT2D eigenvalue weighted by molar-refractivity contribution is -0.0507. The number of alkyl halides is 2. The Bertz CT molecular complexity index is 539. The molecule has 1 unspecified atom stereocenters. The highest BCUT2D eigenvalue weighted by Crippen LogP contribution is 2.28. The molecule has 23 heavy (non-hydrogen) atoms. The number of ether oxygens (including phenoxy) is 1. The van der Waals surface area contributed by atoms with Gasteiger partial charge in [0.2, 0.25) is 0 Å². The molecule has 6 heteroatoms. The van der Waals surface area contributed by atoms with Crippen molar-refractivity contribution in [2.45, 2.75) is 33.3 Å². The van der Waals surface area contributed by atoms with E-state index in [4.69, 9.17) is 0 Å². The number of carbonyl (C=O) groups is 1. The molecule has 1 N–H and O–H groups in total. The Morgan fingerprint density at radius 3 is 2.61 bits per heavy atom. The lowest BCUT2D eigenvalue weighted by Crippen LogP contribution is -2.42. The van der Waals surface area contributed by atoms with Gasteiger partial charge in [0.1, 0.15) is 5.75 Å². The summed E-state index contributed by atoms with van der Waals surface area (Å²) in [4.78, 5) is 14.6. The molecule has 1 aromatic rings. The minimum absolute atomic E-state index is 0.0411. The van der Waals surface area contributed by atoms with Gasteiger partial charge >= 0.3 is 6.61 Å². The van der Waals surface area contributed by atoms with Crippen molar-refractivity contribution in [3.63, 3.8) is 0 Å². The van der Waals surface area contributed by atoms with Gasteiger partial charge in [0.25, 0.3) is 5.91 Å². The van der Waals surface area contributed by atoms with Crippen LogP contribution in [0.25, 0.3) is 0 Å². The summed E-state index contributed by atoms with van der Waals surface area (Å²) in [6.45, 7) is 2.87. The molecule has 0 bridgehead atoms. The van der Waals surface area contributed by atoms with E-state index in [0.29, 0.717) is 22.6 Å². The summed E-state index contributed by atoms with van der Waals surface area (Å²) >= 11 is 0. The maximum atomic E-state index is 12.7. The van der Waals surface area contributed by atoms with Gasteiger partial charge in [-0.3, -0.25) is 4.79 Å². The molecule has 0 saturated carbocycles. The molecule has 0 aromatic heterocycles. The third kappa shape index (κ3) is 4.41. The lowest BCUT2D eigenvalue weighted by atomic mass is 9.96. The van der Waals surface area contributed by atoms with Gasteiger partial charge in [0, 0.05) is 18.7 Å². The smallest absolute Gasteiger partial charge is 0.387 e. The minimum atomic E-state index is -2.86. The highest BCUT2D eigenvalue weighted by molar-refractivity contribution is 5.95. The molecule has 1 saturated heterocycles. The van der Waals surface area contributed by atoms with E-state index in [1.54, 1.807) is 26.0 Å². The number of halogens is 2. The van der Waals surface area contributed by atoms with Gasteiger partial charge in [-0.15, -0.1) is 0 Å². The first kappa shape index (κ1) is 17.7. The van der Waals surface area contributed by atoms with Crippen LogP contribution in [0.15, 0.2) is 12.1 Å². The molecule has 1 aliphatic heterocycles. The third-order valence-electron chi connectivity index (χ3n) is 4.21. The second-order valence-corrected chi connectivity index (χ2v) is 6.13. The van der Waals surface area contributed by atoms with E-state index in [2.05, 4.69) is 10.1 Å². The Kier molecular flexibility index (Phi) is 5.93. The van der Waals surface area contributed by atoms with Crippen molar-refractivity contribution in [3.05, 3.63) is 28.8 Å². The second kappa shape index (κ2) is 7.73. The fourth-order valence-electron chi connectivity index (χ4n) is 3.24. The van der Waals surface area contributed by atoms with E-state index in [1.165, 1.54) is 0 Å². The van der Waals surface area contributed by atoms with Crippen LogP contribution >= 0.6 is 0 Å². The number of hydrogen-bond acceptors (Lipinski definition) is 3. The van der Waals surface area contributed by atoms with Crippen LogP contribution in [-0.2, 0) is 0 Å². The molecule has 1 fully saturated rings. The van der Waals surface area contributed by atoms with Crippen LogP contribution < -0.4 is 10.1 Å². The van der Waals surface area contributed by atoms with E-state index in [9.17, 15) is 13.6 Å². The Balaban J connectivity index is 2.16. The molecule has 1 atom stereocenters. The van der Waals surface area contributed by atoms with E-state index < -0.39 is 6.61 Å². The van der Waals surface area contributed by atoms with Gasteiger partial charge in [-0.25, -0.2) is 0 Å². The van der Waals surface area contributed by atoms with Gasteiger partial charge < -0.3 is 15.0 Å². The quantitative estimate of drug-likeness (QED) is 0.904. The first-order valence-electron chi connectivity index (χ1n) is 7.92. The number of nitrogens with one attached hydrogen (secondary N) is 1. The number of rotatable bonds is 5. The fourth-order valence-corrected chi connectivity index (χ4v) is 3.24. The van der Waals surface area contributed by atoms with E-state index in [0.717, 1.165) is 32.5 Å². The lowest BCUT2D eigenvalue weighted by Gasteiger charge is -2.33. The van der Waals surface area contributed by atoms with Crippen LogP contribution in [0.5, 0.6) is 5.75 Å². The number of hydrogen-bond donors (Lipinski definition) is 1. The molecule has 128 valence electrons. The second-order valence-electron chi connectivity index (χ2n) is 6.13. The van der Waals surface area contributed by atoms with Crippen molar-refractivity contribution in [1.82, 2.24) is 10.2 Å². The van der Waals surface area contributed by atoms with Crippen LogP contribution in [0.4, 0.5) is 8.78 Å². The summed E-state index contributed by atoms with van der Waals surface area (Å²) < 4.78 is 29.4. The molecule has 4 nitrogen and oxygen atoms in total. The van der Waals surface area contributed by atoms with Crippen LogP contribution in [0.3, 0.4) is 0 Å². The van der Waals surface area contributed by atoms with Crippen molar-refractivity contribution in [3.8, 4) is 5.75 Å². The van der Waals surface area contributed by atoms with Crippen LogP contribution in [0, 0.1) is 19.8 Å². The molecule has 1 heterocycles. The number of piperidine rings is 1. The Morgan fingerprint density at radius 1 is 1.39 bits per heavy atom. The molecule has 1 amide bonds. The zero-order valence-electron chi connectivity index (χ0n) is 13.9. The van der Waals surface area contributed by atoms with Crippen LogP contribution in [0.1, 0.15) is 34.3 Å². The summed E-state index contributed by atoms with van der Waals surface area (Å²) in [6.07, 6.45) is 2.10. The average Bonchev–Trinajstić information content (AvgIpc) is 2.50. The highest BCUT2D eigenvalue weighted by Gasteiger charge is 2.25. The molecular weight excluding hydrogens is 302 g/mol. The Labute approximate surface area is 135 Å². The van der Waals surface area contributed by atoms with Crippen molar-refractivity contribution in [1.29, 1.82) is 0 Å². The summed E-state index contributed by atoms with van der Waals surface area (Å²) in [5, 5.41) is 3.16. The van der Waals surface area contributed by atoms with Gasteiger partial charge in [-0.2, -0.15) is 8.78 Å². The first-order chi connectivity index (χ1) is 10.9. The van der Waals surface area contributed by atoms with E-state index in [-0.39, 0.29) is 11.7 Å². The zero-order valence-corrected chi connectivity index (χ0v) is 13.9. The number of amides is 1. The topological polar surface area (TPSA) is 41.6 Å². The number of likely N-dealkylation sites (tertiary alicyclic amines) is 1. The van der Waals surface area contributed by atoms with Crippen molar-refractivity contribution < 1.29 is 18.3 Å². The summed E-state index contributed by atoms with van der Waals surface area (Å²) in [5.74, 6) is 0.574. The number of benzene rings is 1. The molecule has 0 spiro atoms. The summed E-state index contributed by atoms with van der Waals surface area (Å²) in [5.41, 5.74) is 1.64. The van der Waals surface area contributed by atoms with Gasteiger partial charge in [0.05, 0.1) is 0 Å². The predicted octanol–water partition coefficient (Wildman–Crippen LogP) is 2.98. The van der Waals surface area contributed by atoms with Crippen molar-refractivity contribution in [2.75, 3.05) is 26.7 Å². The van der Waals surface area contributed by atoms with Crippen LogP contribution in [-0.4, -0.2) is 44.1 Å². The molecule has 0 radical (unpaired) electrons. The minimum Gasteiger partial charge on any atom is -0.434 e. The molecular formula is C17H24F2N2O2. The summed E-state index contributed by atoms with van der Waals surface area (Å²) in [6, 6.07) is 3.27. The zero-order chi connectivity index (χ0) is 17.0. The highest BCUT2D eigenvalue weighted by atomic mass is 19.3. The van der Waals surface area contributed by atoms with Gasteiger partial charge in [-0.05, 0) is 69.5 Å². The van der Waals surface area contributed by atoms with E-state index in [1.807, 2.05) is 11.9 Å². The maximum Gasteiger partial charge on any atom is 0.387 e. The standard InChI is InChI=1S/C17H24F2N2O2/c1-11-7-14(8-12(2)15(11)23-17(18)19)16(22)21-6-4-5-13(10-21)9-20-3/h7-8,13,17,20H,4-6,9-10H2,1-3H3. The number of carbonyl (C=O) groups excluding carboxylic acids is 1. The Morgan fingerprint density at radius 2 is 2.04 bits per heavy atom. The molecule has 0 aliphatic carbocycles. The summed E-state index contributed by atoms with van der Waals surface area (Å²) in [7, 11) is 1.91. The molecule has 1 aliphatic rings. The van der Waals surface area contributed by atoms with Crippen molar-refractivity contribution in [2.24, 2.45) is 5.92 Å².